The van der Waals surface area contributed by atoms with Crippen LogP contribution in [-0.4, -0.2) is 93.1 Å². The minimum atomic E-state index is -5.62. The second-order valence-electron chi connectivity index (χ2n) is 5.18. The zero-order chi connectivity index (χ0) is 22.4. The van der Waals surface area contributed by atoms with Crippen molar-refractivity contribution in [1.29, 1.82) is 0 Å². The molecule has 4 atom stereocenters. The fourth-order valence-corrected chi connectivity index (χ4v) is 4.14. The molecule has 0 aliphatic heterocycles. The lowest BCUT2D eigenvalue weighted by Gasteiger charge is -2.28. The number of rotatable bonds is 13. The SMILES string of the molecule is O=C(O)C[C@H](NC(C(N[C@@H](CC(=O)O)C(=O)O)S(=O)(=O)O)S(=O)(=O)O)C(=O)O. The largest absolute Gasteiger partial charge is 0.481 e. The van der Waals surface area contributed by atoms with Gasteiger partial charge in [0.25, 0.3) is 20.2 Å². The number of carbonyl (C=O) groups is 4. The van der Waals surface area contributed by atoms with E-state index in [4.69, 9.17) is 20.4 Å². The summed E-state index contributed by atoms with van der Waals surface area (Å²) in [6.45, 7) is 0. The number of carboxylic acid groups (broad SMARTS) is 4. The van der Waals surface area contributed by atoms with Crippen LogP contribution in [0.5, 0.6) is 0 Å². The number of hydrogen-bond acceptors (Lipinski definition) is 10. The maximum Gasteiger partial charge on any atom is 0.321 e. The molecule has 162 valence electrons. The maximum absolute atomic E-state index is 11.5. The number of nitrogens with one attached hydrogen (secondary N) is 2. The van der Waals surface area contributed by atoms with Gasteiger partial charge in [0.2, 0.25) is 0 Å². The van der Waals surface area contributed by atoms with Gasteiger partial charge in [-0.15, -0.1) is 0 Å². The maximum atomic E-state index is 11.5. The van der Waals surface area contributed by atoms with Gasteiger partial charge in [-0.05, 0) is 0 Å². The quantitative estimate of drug-likeness (QED) is 0.125. The molecular formula is C10H16N2O14S2. The smallest absolute Gasteiger partial charge is 0.321 e. The van der Waals surface area contributed by atoms with Gasteiger partial charge in [-0.25, -0.2) is 0 Å². The van der Waals surface area contributed by atoms with E-state index in [1.165, 1.54) is 10.6 Å². The average Bonchev–Trinajstić information content (AvgIpc) is 2.44. The third-order valence-electron chi connectivity index (χ3n) is 3.00. The van der Waals surface area contributed by atoms with Crippen molar-refractivity contribution >= 4 is 44.1 Å². The first-order valence-electron chi connectivity index (χ1n) is 6.80. The van der Waals surface area contributed by atoms with Crippen LogP contribution in [0, 0.1) is 0 Å². The van der Waals surface area contributed by atoms with E-state index < -0.39 is 79.8 Å². The molecule has 0 radical (unpaired) electrons. The molecule has 0 amide bonds. The highest BCUT2D eigenvalue weighted by molar-refractivity contribution is 7.90. The van der Waals surface area contributed by atoms with Crippen LogP contribution in [0.15, 0.2) is 0 Å². The van der Waals surface area contributed by atoms with Gasteiger partial charge in [-0.1, -0.05) is 0 Å². The van der Waals surface area contributed by atoms with E-state index in [0.717, 1.165) is 0 Å². The van der Waals surface area contributed by atoms with Gasteiger partial charge < -0.3 is 20.4 Å². The Morgan fingerprint density at radius 3 is 1.04 bits per heavy atom. The van der Waals surface area contributed by atoms with E-state index in [0.29, 0.717) is 0 Å². The highest BCUT2D eigenvalue weighted by Gasteiger charge is 2.45. The Morgan fingerprint density at radius 1 is 0.643 bits per heavy atom. The molecule has 0 bridgehead atoms. The molecule has 0 aromatic carbocycles. The van der Waals surface area contributed by atoms with Gasteiger partial charge in [0.1, 0.15) is 12.1 Å². The Balaban J connectivity index is 6.18. The molecule has 0 fully saturated rings. The summed E-state index contributed by atoms with van der Waals surface area (Å²) in [5, 5.41) is 32.0. The molecule has 28 heavy (non-hydrogen) atoms. The van der Waals surface area contributed by atoms with Gasteiger partial charge in [-0.3, -0.25) is 38.9 Å². The Labute approximate surface area is 156 Å². The molecule has 0 rings (SSSR count). The van der Waals surface area contributed by atoms with Gasteiger partial charge in [0.05, 0.1) is 12.8 Å². The summed E-state index contributed by atoms with van der Waals surface area (Å²) in [6, 6.07) is -4.61. The zero-order valence-electron chi connectivity index (χ0n) is 13.5. The lowest BCUT2D eigenvalue weighted by molar-refractivity contribution is -0.146. The Hall–Kier alpha value is -2.38. The van der Waals surface area contributed by atoms with E-state index in [9.17, 15) is 45.1 Å². The fourth-order valence-electron chi connectivity index (χ4n) is 1.84. The van der Waals surface area contributed by atoms with Crippen LogP contribution in [0.1, 0.15) is 12.8 Å². The third kappa shape index (κ3) is 8.54. The average molecular weight is 452 g/mol. The van der Waals surface area contributed by atoms with E-state index in [2.05, 4.69) is 0 Å². The first-order valence-corrected chi connectivity index (χ1v) is 9.81. The summed E-state index contributed by atoms with van der Waals surface area (Å²) in [7, 11) is -11.2. The second-order valence-corrected chi connectivity index (χ2v) is 8.26. The predicted octanol–water partition coefficient (Wildman–Crippen LogP) is -3.55. The van der Waals surface area contributed by atoms with Crippen LogP contribution >= 0.6 is 0 Å². The van der Waals surface area contributed by atoms with E-state index in [1.807, 2.05) is 0 Å². The molecule has 8 N–H and O–H groups in total. The standard InChI is InChI=1S/C10H16N2O14S2/c13-5(14)1-3(9(17)18)11-7(27(21,22)23)8(28(24,25)26)12-4(10(19)20)2-6(15)16/h3-4,7-8,11-12H,1-2H2,(H,13,14)(H,15,16)(H,17,18)(H,19,20)(H,21,22,23)(H,24,25,26)/t3-,4-,7?,8?/m0/s1. The van der Waals surface area contributed by atoms with Crippen LogP contribution in [-0.2, 0) is 39.4 Å². The van der Waals surface area contributed by atoms with Crippen molar-refractivity contribution in [3.8, 4) is 0 Å². The van der Waals surface area contributed by atoms with Crippen LogP contribution in [0.2, 0.25) is 0 Å². The lowest BCUT2D eigenvalue weighted by Crippen LogP contribution is -2.62. The molecule has 0 aliphatic rings. The highest BCUT2D eigenvalue weighted by Crippen LogP contribution is 2.13. The molecule has 18 heteroatoms. The Kier molecular flexibility index (Phi) is 8.88. The Bertz CT molecular complexity index is 764. The predicted molar refractivity (Wildman–Crippen MR) is 84.3 cm³/mol. The summed E-state index contributed by atoms with van der Waals surface area (Å²) < 4.78 is 64.4. The normalized spacial score (nSPS) is 16.5. The molecule has 0 aromatic rings. The number of aliphatic carboxylic acids is 4. The van der Waals surface area contributed by atoms with Crippen LogP contribution in [0.3, 0.4) is 0 Å². The van der Waals surface area contributed by atoms with E-state index in [-0.39, 0.29) is 0 Å². The van der Waals surface area contributed by atoms with Crippen molar-refractivity contribution in [2.75, 3.05) is 0 Å². The zero-order valence-corrected chi connectivity index (χ0v) is 15.1. The van der Waals surface area contributed by atoms with Crippen molar-refractivity contribution in [2.45, 2.75) is 35.7 Å². The van der Waals surface area contributed by atoms with Crippen molar-refractivity contribution in [3.63, 3.8) is 0 Å². The minimum absolute atomic E-state index is 1.31. The third-order valence-corrected chi connectivity index (χ3v) is 5.27. The van der Waals surface area contributed by atoms with Gasteiger partial charge >= 0.3 is 23.9 Å². The molecule has 2 unspecified atom stereocenters. The second kappa shape index (κ2) is 9.71. The molecule has 16 nitrogen and oxygen atoms in total. The summed E-state index contributed by atoms with van der Waals surface area (Å²) in [4.78, 5) is 43.4. The summed E-state index contributed by atoms with van der Waals surface area (Å²) in [5.41, 5.74) is 0. The van der Waals surface area contributed by atoms with Crippen molar-refractivity contribution in [3.05, 3.63) is 0 Å². The molecule has 0 spiro atoms. The number of carboxylic acids is 4. The van der Waals surface area contributed by atoms with Gasteiger partial charge in [0, 0.05) is 0 Å². The van der Waals surface area contributed by atoms with Crippen LogP contribution < -0.4 is 10.6 Å². The summed E-state index contributed by atoms with van der Waals surface area (Å²) in [6.07, 6.45) is -2.62. The highest BCUT2D eigenvalue weighted by atomic mass is 32.2. The molecule has 0 heterocycles. The topological polar surface area (TPSA) is 282 Å². The lowest BCUT2D eigenvalue weighted by atomic mass is 10.2. The monoisotopic (exact) mass is 452 g/mol. The summed E-state index contributed by atoms with van der Waals surface area (Å²) in [5.74, 6) is -7.55. The van der Waals surface area contributed by atoms with Crippen LogP contribution in [0.25, 0.3) is 0 Å². The molecule has 0 aromatic heterocycles. The molecule has 0 saturated heterocycles. The first-order chi connectivity index (χ1) is 12.5. The fraction of sp³-hybridized carbons (Fsp3) is 0.600. The Morgan fingerprint density at radius 2 is 0.893 bits per heavy atom. The molecule has 0 aliphatic carbocycles. The van der Waals surface area contributed by atoms with Crippen LogP contribution in [0.4, 0.5) is 0 Å². The van der Waals surface area contributed by atoms with Crippen molar-refractivity contribution in [2.24, 2.45) is 0 Å². The first kappa shape index (κ1) is 25.6. The van der Waals surface area contributed by atoms with Gasteiger partial charge in [0.15, 0.2) is 10.7 Å². The molecular weight excluding hydrogens is 436 g/mol. The summed E-state index contributed by atoms with van der Waals surface area (Å²) >= 11 is 0. The van der Waals surface area contributed by atoms with Crippen molar-refractivity contribution < 1.29 is 65.5 Å². The molecule has 0 saturated carbocycles. The van der Waals surface area contributed by atoms with Crippen molar-refractivity contribution in [1.82, 2.24) is 10.6 Å². The number of hydrogen-bond donors (Lipinski definition) is 8. The van der Waals surface area contributed by atoms with Gasteiger partial charge in [-0.2, -0.15) is 16.8 Å². The minimum Gasteiger partial charge on any atom is -0.481 e. The van der Waals surface area contributed by atoms with E-state index in [1.54, 1.807) is 0 Å². The van der Waals surface area contributed by atoms with E-state index >= 15 is 0 Å².